The highest BCUT2D eigenvalue weighted by molar-refractivity contribution is 5.75. The van der Waals surface area contributed by atoms with Gasteiger partial charge in [-0.3, -0.25) is 4.79 Å². The maximum Gasteiger partial charge on any atom is 0.238 e. The summed E-state index contributed by atoms with van der Waals surface area (Å²) < 4.78 is 11.1. The van der Waals surface area contributed by atoms with E-state index in [0.717, 1.165) is 22.9 Å². The van der Waals surface area contributed by atoms with Crippen LogP contribution in [-0.2, 0) is 4.79 Å². The van der Waals surface area contributed by atoms with Gasteiger partial charge in [0.05, 0.1) is 17.2 Å². The number of aldehydes is 1. The lowest BCUT2D eigenvalue weighted by Crippen LogP contribution is -2.12. The number of hydrogen-bond donors (Lipinski definition) is 0. The first-order valence-corrected chi connectivity index (χ1v) is 7.27. The summed E-state index contributed by atoms with van der Waals surface area (Å²) in [5, 5.41) is 0. The molecule has 0 spiro atoms. The van der Waals surface area contributed by atoms with Crippen molar-refractivity contribution >= 4 is 17.3 Å². The summed E-state index contributed by atoms with van der Waals surface area (Å²) in [5.41, 5.74) is 2.76. The molecular weight excluding hydrogens is 292 g/mol. The monoisotopic (exact) mass is 308 g/mol. The lowest BCUT2D eigenvalue weighted by atomic mass is 10.2. The first kappa shape index (κ1) is 15.0. The van der Waals surface area contributed by atoms with Crippen LogP contribution in [0.1, 0.15) is 12.5 Å². The minimum Gasteiger partial charge on any atom is -0.483 e. The third-order valence-corrected chi connectivity index (χ3v) is 3.24. The molecule has 0 aliphatic heterocycles. The first-order valence-electron chi connectivity index (χ1n) is 7.27. The number of aryl methyl sites for hydroxylation is 1. The highest BCUT2D eigenvalue weighted by atomic mass is 16.5. The number of ether oxygens (including phenoxy) is 2. The van der Waals surface area contributed by atoms with Crippen LogP contribution in [0.15, 0.2) is 48.7 Å². The summed E-state index contributed by atoms with van der Waals surface area (Å²) in [7, 11) is 0. The van der Waals surface area contributed by atoms with Crippen LogP contribution >= 0.6 is 0 Å². The number of carbonyl (C=O) groups excluding carboxylic acids is 1. The molecule has 1 atom stereocenters. The molecule has 0 aliphatic rings. The van der Waals surface area contributed by atoms with Gasteiger partial charge in [-0.2, -0.15) is 0 Å². The van der Waals surface area contributed by atoms with Crippen molar-refractivity contribution in [2.75, 3.05) is 0 Å². The van der Waals surface area contributed by atoms with Gasteiger partial charge in [-0.05, 0) is 55.8 Å². The molecule has 0 fully saturated rings. The second-order valence-corrected chi connectivity index (χ2v) is 5.23. The summed E-state index contributed by atoms with van der Waals surface area (Å²) >= 11 is 0. The third kappa shape index (κ3) is 3.63. The second kappa shape index (κ2) is 6.44. The molecule has 0 bridgehead atoms. The number of benzene rings is 2. The van der Waals surface area contributed by atoms with Crippen LogP contribution in [0, 0.1) is 6.92 Å². The van der Waals surface area contributed by atoms with Crippen molar-refractivity contribution in [1.29, 1.82) is 0 Å². The molecule has 1 heterocycles. The van der Waals surface area contributed by atoms with Gasteiger partial charge in [0.25, 0.3) is 0 Å². The molecular formula is C18H16N2O3. The van der Waals surface area contributed by atoms with Crippen molar-refractivity contribution in [3.63, 3.8) is 0 Å². The van der Waals surface area contributed by atoms with Crippen molar-refractivity contribution in [3.05, 3.63) is 54.2 Å². The van der Waals surface area contributed by atoms with Crippen LogP contribution in [0.3, 0.4) is 0 Å². The maximum absolute atomic E-state index is 10.6. The molecule has 0 saturated heterocycles. The van der Waals surface area contributed by atoms with Crippen LogP contribution in [-0.4, -0.2) is 22.4 Å². The fraction of sp³-hybridized carbons (Fsp3) is 0.167. The quantitative estimate of drug-likeness (QED) is 0.673. The smallest absolute Gasteiger partial charge is 0.238 e. The van der Waals surface area contributed by atoms with Crippen molar-refractivity contribution in [2.24, 2.45) is 0 Å². The normalized spacial score (nSPS) is 11.9. The molecule has 0 saturated carbocycles. The number of aromatic nitrogens is 2. The Labute approximate surface area is 133 Å². The Morgan fingerprint density at radius 2 is 1.78 bits per heavy atom. The molecule has 1 unspecified atom stereocenters. The minimum atomic E-state index is -0.475. The van der Waals surface area contributed by atoms with E-state index >= 15 is 0 Å². The van der Waals surface area contributed by atoms with Gasteiger partial charge >= 0.3 is 0 Å². The van der Waals surface area contributed by atoms with Crippen LogP contribution in [0.4, 0.5) is 0 Å². The van der Waals surface area contributed by atoms with Gasteiger partial charge in [0.2, 0.25) is 5.88 Å². The van der Waals surface area contributed by atoms with Gasteiger partial charge in [-0.1, -0.05) is 6.07 Å². The highest BCUT2D eigenvalue weighted by Gasteiger charge is 2.05. The highest BCUT2D eigenvalue weighted by Crippen LogP contribution is 2.24. The van der Waals surface area contributed by atoms with E-state index in [2.05, 4.69) is 9.97 Å². The Balaban J connectivity index is 1.76. The van der Waals surface area contributed by atoms with Crippen LogP contribution < -0.4 is 9.47 Å². The number of nitrogens with zero attached hydrogens (tertiary/aromatic N) is 2. The van der Waals surface area contributed by atoms with E-state index in [1.165, 1.54) is 0 Å². The lowest BCUT2D eigenvalue weighted by molar-refractivity contribution is -0.113. The average Bonchev–Trinajstić information content (AvgIpc) is 2.56. The number of carbonyl (C=O) groups is 1. The Bertz CT molecular complexity index is 831. The van der Waals surface area contributed by atoms with E-state index in [0.29, 0.717) is 17.4 Å². The van der Waals surface area contributed by atoms with E-state index < -0.39 is 6.10 Å². The van der Waals surface area contributed by atoms with Crippen LogP contribution in [0.5, 0.6) is 17.4 Å². The molecule has 0 N–H and O–H groups in total. The Morgan fingerprint density at radius 3 is 2.52 bits per heavy atom. The largest absolute Gasteiger partial charge is 0.483 e. The summed E-state index contributed by atoms with van der Waals surface area (Å²) in [4.78, 5) is 19.4. The van der Waals surface area contributed by atoms with Crippen molar-refractivity contribution in [1.82, 2.24) is 9.97 Å². The molecule has 23 heavy (non-hydrogen) atoms. The van der Waals surface area contributed by atoms with E-state index in [-0.39, 0.29) is 0 Å². The molecule has 5 nitrogen and oxygen atoms in total. The standard InChI is InChI=1S/C18H16N2O3/c1-12-3-8-16-17(9-12)19-10-18(20-16)23-15-6-4-14(5-7-15)22-13(2)11-21/h3-11,13H,1-2H3. The minimum absolute atomic E-state index is 0.427. The van der Waals surface area contributed by atoms with Crippen molar-refractivity contribution < 1.29 is 14.3 Å². The Hall–Kier alpha value is -2.95. The van der Waals surface area contributed by atoms with Gasteiger partial charge in [0.15, 0.2) is 12.4 Å². The third-order valence-electron chi connectivity index (χ3n) is 3.24. The topological polar surface area (TPSA) is 61.3 Å². The molecule has 1 aromatic heterocycles. The van der Waals surface area contributed by atoms with E-state index in [4.69, 9.17) is 9.47 Å². The molecule has 3 aromatic rings. The van der Waals surface area contributed by atoms with Gasteiger partial charge in [0, 0.05) is 0 Å². The number of hydrogen-bond acceptors (Lipinski definition) is 5. The Kier molecular flexibility index (Phi) is 4.19. The fourth-order valence-corrected chi connectivity index (χ4v) is 2.10. The van der Waals surface area contributed by atoms with Crippen LogP contribution in [0.2, 0.25) is 0 Å². The molecule has 0 aliphatic carbocycles. The predicted molar refractivity (Wildman–Crippen MR) is 86.9 cm³/mol. The zero-order chi connectivity index (χ0) is 16.2. The summed E-state index contributed by atoms with van der Waals surface area (Å²) in [5.74, 6) is 1.66. The number of rotatable bonds is 5. The molecule has 5 heteroatoms. The molecule has 0 radical (unpaired) electrons. The van der Waals surface area contributed by atoms with Gasteiger partial charge < -0.3 is 9.47 Å². The second-order valence-electron chi connectivity index (χ2n) is 5.23. The Morgan fingerprint density at radius 1 is 1.04 bits per heavy atom. The average molecular weight is 308 g/mol. The molecule has 3 rings (SSSR count). The van der Waals surface area contributed by atoms with E-state index in [9.17, 15) is 4.79 Å². The summed E-state index contributed by atoms with van der Waals surface area (Å²) in [6.45, 7) is 3.70. The van der Waals surface area contributed by atoms with Gasteiger partial charge in [-0.15, -0.1) is 0 Å². The molecule has 116 valence electrons. The summed E-state index contributed by atoms with van der Waals surface area (Å²) in [6, 6.07) is 12.9. The van der Waals surface area contributed by atoms with Gasteiger partial charge in [-0.25, -0.2) is 9.97 Å². The van der Waals surface area contributed by atoms with E-state index in [1.54, 1.807) is 37.4 Å². The first-order chi connectivity index (χ1) is 11.1. The van der Waals surface area contributed by atoms with E-state index in [1.807, 2.05) is 25.1 Å². The molecule has 2 aromatic carbocycles. The predicted octanol–water partition coefficient (Wildman–Crippen LogP) is 3.70. The van der Waals surface area contributed by atoms with Crippen molar-refractivity contribution in [2.45, 2.75) is 20.0 Å². The molecule has 0 amide bonds. The van der Waals surface area contributed by atoms with Gasteiger partial charge in [0.1, 0.15) is 11.5 Å². The lowest BCUT2D eigenvalue weighted by Gasteiger charge is -2.09. The summed E-state index contributed by atoms with van der Waals surface area (Å²) in [6.07, 6.45) is 1.87. The SMILES string of the molecule is Cc1ccc2nc(Oc3ccc(OC(C)C=O)cc3)cnc2c1. The number of fused-ring (bicyclic) bond motifs is 1. The maximum atomic E-state index is 10.6. The fourth-order valence-electron chi connectivity index (χ4n) is 2.10. The zero-order valence-electron chi connectivity index (χ0n) is 12.9. The van der Waals surface area contributed by atoms with Crippen LogP contribution in [0.25, 0.3) is 11.0 Å². The van der Waals surface area contributed by atoms with Crippen molar-refractivity contribution in [3.8, 4) is 17.4 Å². The zero-order valence-corrected chi connectivity index (χ0v) is 12.9.